The van der Waals surface area contributed by atoms with Gasteiger partial charge in [0.2, 0.25) is 9.84 Å². The van der Waals surface area contributed by atoms with Gasteiger partial charge in [0.1, 0.15) is 4.90 Å². The molecule has 15 heavy (non-hydrogen) atoms. The predicted molar refractivity (Wildman–Crippen MR) is 55.2 cm³/mol. The lowest BCUT2D eigenvalue weighted by Gasteiger charge is -2.02. The van der Waals surface area contributed by atoms with Crippen LogP contribution in [0.3, 0.4) is 0 Å². The molecule has 0 radical (unpaired) electrons. The molecule has 0 aliphatic heterocycles. The molecule has 0 unspecified atom stereocenters. The minimum Gasteiger partial charge on any atom is -0.258 e. The molecule has 0 amide bonds. The van der Waals surface area contributed by atoms with Crippen molar-refractivity contribution in [3.8, 4) is 0 Å². The minimum absolute atomic E-state index is 0.308. The maximum atomic E-state index is 11.5. The molecule has 0 atom stereocenters. The van der Waals surface area contributed by atoms with Crippen molar-refractivity contribution in [2.45, 2.75) is 11.8 Å². The fourth-order valence-electron chi connectivity index (χ4n) is 1.19. The Bertz CT molecular complexity index is 519. The van der Waals surface area contributed by atoms with Gasteiger partial charge in [0.15, 0.2) is 0 Å². The van der Waals surface area contributed by atoms with Crippen LogP contribution in [-0.2, 0) is 9.84 Å². The van der Waals surface area contributed by atoms with E-state index in [1.165, 1.54) is 25.1 Å². The van der Waals surface area contributed by atoms with E-state index < -0.39 is 20.4 Å². The summed E-state index contributed by atoms with van der Waals surface area (Å²) in [5.74, 6) is 0. The molecule has 0 aliphatic carbocycles. The summed E-state index contributed by atoms with van der Waals surface area (Å²) in [7, 11) is -3.77. The monoisotopic (exact) mass is 227 g/mol. The Morgan fingerprint density at radius 3 is 2.53 bits per heavy atom. The van der Waals surface area contributed by atoms with Crippen molar-refractivity contribution >= 4 is 15.5 Å². The number of hydrogen-bond acceptors (Lipinski definition) is 4. The fraction of sp³-hybridized carbons (Fsp3) is 0.111. The molecule has 1 rings (SSSR count). The first kappa shape index (κ1) is 11.4. The smallest absolute Gasteiger partial charge is 0.258 e. The molecule has 0 N–H and O–H groups in total. The van der Waals surface area contributed by atoms with E-state index in [1.807, 2.05) is 0 Å². The Kier molecular flexibility index (Phi) is 2.90. The minimum atomic E-state index is -3.77. The number of benzene rings is 1. The molecular formula is C9H9NO4S. The predicted octanol–water partition coefficient (Wildman–Crippen LogP) is 1.82. The van der Waals surface area contributed by atoms with Crippen LogP contribution in [0.4, 0.5) is 5.69 Å². The Balaban J connectivity index is 3.64. The molecule has 1 aromatic carbocycles. The Morgan fingerprint density at radius 2 is 2.07 bits per heavy atom. The highest BCUT2D eigenvalue weighted by Gasteiger charge is 2.24. The molecule has 0 saturated heterocycles. The maximum Gasteiger partial charge on any atom is 0.291 e. The highest BCUT2D eigenvalue weighted by Crippen LogP contribution is 2.28. The van der Waals surface area contributed by atoms with Crippen LogP contribution in [0.15, 0.2) is 35.1 Å². The van der Waals surface area contributed by atoms with Crippen molar-refractivity contribution in [1.29, 1.82) is 0 Å². The first-order chi connectivity index (χ1) is 6.90. The van der Waals surface area contributed by atoms with E-state index in [1.54, 1.807) is 0 Å². The summed E-state index contributed by atoms with van der Waals surface area (Å²) in [6.45, 7) is 4.61. The highest BCUT2D eigenvalue weighted by atomic mass is 32.2. The highest BCUT2D eigenvalue weighted by molar-refractivity contribution is 7.94. The van der Waals surface area contributed by atoms with E-state index >= 15 is 0 Å². The van der Waals surface area contributed by atoms with Gasteiger partial charge in [-0.1, -0.05) is 18.7 Å². The van der Waals surface area contributed by atoms with Gasteiger partial charge in [0.05, 0.1) is 4.92 Å². The molecule has 0 spiro atoms. The quantitative estimate of drug-likeness (QED) is 0.583. The molecule has 0 heterocycles. The number of sulfone groups is 1. The number of nitro groups is 1. The van der Waals surface area contributed by atoms with Crippen molar-refractivity contribution in [3.63, 3.8) is 0 Å². The molecule has 6 heteroatoms. The molecule has 5 nitrogen and oxygen atoms in total. The van der Waals surface area contributed by atoms with Crippen LogP contribution >= 0.6 is 0 Å². The summed E-state index contributed by atoms with van der Waals surface area (Å²) in [4.78, 5) is 9.69. The van der Waals surface area contributed by atoms with Gasteiger partial charge in [-0.3, -0.25) is 10.1 Å². The van der Waals surface area contributed by atoms with Crippen molar-refractivity contribution in [1.82, 2.24) is 0 Å². The van der Waals surface area contributed by atoms with Gasteiger partial charge in [0.25, 0.3) is 5.69 Å². The average molecular weight is 227 g/mol. The van der Waals surface area contributed by atoms with Crippen LogP contribution in [-0.4, -0.2) is 13.3 Å². The second-order valence-corrected chi connectivity index (χ2v) is 4.75. The van der Waals surface area contributed by atoms with E-state index in [4.69, 9.17) is 0 Å². The standard InChI is InChI=1S/C9H9NO4S/c1-3-15(13,14)8-6-4-5-7(2)9(8)10(11)12/h3-6H,1H2,2H3. The number of hydrogen-bond donors (Lipinski definition) is 0. The van der Waals surface area contributed by atoms with Crippen LogP contribution in [0.25, 0.3) is 0 Å². The van der Waals surface area contributed by atoms with Crippen LogP contribution in [0.5, 0.6) is 0 Å². The molecule has 0 saturated carbocycles. The van der Waals surface area contributed by atoms with E-state index in [2.05, 4.69) is 6.58 Å². The van der Waals surface area contributed by atoms with Gasteiger partial charge in [0, 0.05) is 11.0 Å². The van der Waals surface area contributed by atoms with Crippen LogP contribution < -0.4 is 0 Å². The van der Waals surface area contributed by atoms with Gasteiger partial charge in [-0.05, 0) is 13.0 Å². The fourth-order valence-corrected chi connectivity index (χ4v) is 2.14. The van der Waals surface area contributed by atoms with Gasteiger partial charge < -0.3 is 0 Å². The number of aryl methyl sites for hydroxylation is 1. The van der Waals surface area contributed by atoms with Gasteiger partial charge in [-0.2, -0.15) is 0 Å². The van der Waals surface area contributed by atoms with Crippen LogP contribution in [0.2, 0.25) is 0 Å². The molecule has 0 bridgehead atoms. The zero-order valence-electron chi connectivity index (χ0n) is 8.00. The van der Waals surface area contributed by atoms with Crippen LogP contribution in [0.1, 0.15) is 5.56 Å². The van der Waals surface area contributed by atoms with Crippen molar-refractivity contribution in [2.75, 3.05) is 0 Å². The third kappa shape index (κ3) is 2.04. The van der Waals surface area contributed by atoms with Gasteiger partial charge >= 0.3 is 0 Å². The Labute approximate surface area is 87.1 Å². The van der Waals surface area contributed by atoms with Gasteiger partial charge in [-0.25, -0.2) is 8.42 Å². The number of para-hydroxylation sites is 1. The second-order valence-electron chi connectivity index (χ2n) is 2.89. The molecule has 80 valence electrons. The van der Waals surface area contributed by atoms with E-state index in [0.717, 1.165) is 0 Å². The largest absolute Gasteiger partial charge is 0.291 e. The lowest BCUT2D eigenvalue weighted by atomic mass is 10.2. The number of nitrogens with zero attached hydrogens (tertiary/aromatic N) is 1. The molecule has 1 aromatic rings. The third-order valence-electron chi connectivity index (χ3n) is 1.91. The number of rotatable bonds is 3. The van der Waals surface area contributed by atoms with Crippen LogP contribution in [0, 0.1) is 17.0 Å². The van der Waals surface area contributed by atoms with E-state index in [9.17, 15) is 18.5 Å². The summed E-state index contributed by atoms with van der Waals surface area (Å²) >= 11 is 0. The third-order valence-corrected chi connectivity index (χ3v) is 3.29. The topological polar surface area (TPSA) is 77.3 Å². The first-order valence-electron chi connectivity index (χ1n) is 4.01. The summed E-state index contributed by atoms with van der Waals surface area (Å²) in [5.41, 5.74) is -0.0830. The second kappa shape index (κ2) is 3.82. The van der Waals surface area contributed by atoms with E-state index in [-0.39, 0.29) is 4.90 Å². The summed E-state index contributed by atoms with van der Waals surface area (Å²) in [5, 5.41) is 11.4. The lowest BCUT2D eigenvalue weighted by Crippen LogP contribution is -2.03. The normalized spacial score (nSPS) is 11.0. The molecule has 0 aliphatic rings. The summed E-state index contributed by atoms with van der Waals surface area (Å²) in [6.07, 6.45) is 0. The zero-order chi connectivity index (χ0) is 11.6. The Morgan fingerprint density at radius 1 is 1.47 bits per heavy atom. The number of nitro benzene ring substituents is 1. The summed E-state index contributed by atoms with van der Waals surface area (Å²) < 4.78 is 22.9. The van der Waals surface area contributed by atoms with Crippen molar-refractivity contribution < 1.29 is 13.3 Å². The molecular weight excluding hydrogens is 218 g/mol. The Hall–Kier alpha value is -1.69. The average Bonchev–Trinajstić information content (AvgIpc) is 2.16. The zero-order valence-corrected chi connectivity index (χ0v) is 8.82. The van der Waals surface area contributed by atoms with Gasteiger partial charge in [-0.15, -0.1) is 0 Å². The van der Waals surface area contributed by atoms with E-state index in [0.29, 0.717) is 11.0 Å². The maximum absolute atomic E-state index is 11.5. The molecule has 0 aromatic heterocycles. The molecule has 0 fully saturated rings. The lowest BCUT2D eigenvalue weighted by molar-refractivity contribution is -0.388. The first-order valence-corrected chi connectivity index (χ1v) is 5.56. The van der Waals surface area contributed by atoms with Crippen molar-refractivity contribution in [3.05, 3.63) is 45.9 Å². The summed E-state index contributed by atoms with van der Waals surface area (Å²) in [6, 6.07) is 4.14. The SMILES string of the molecule is C=CS(=O)(=O)c1cccc(C)c1[N+](=O)[O-]. The van der Waals surface area contributed by atoms with Crippen molar-refractivity contribution in [2.24, 2.45) is 0 Å².